The van der Waals surface area contributed by atoms with E-state index >= 15 is 0 Å². The van der Waals surface area contributed by atoms with Crippen molar-refractivity contribution in [3.63, 3.8) is 0 Å². The maximum atomic E-state index is 3.72. The van der Waals surface area contributed by atoms with Crippen molar-refractivity contribution in [3.8, 4) is 0 Å². The van der Waals surface area contributed by atoms with Gasteiger partial charge in [0.25, 0.3) is 0 Å². The van der Waals surface area contributed by atoms with Crippen LogP contribution in [0, 0.1) is 5.92 Å². The molecule has 2 unspecified atom stereocenters. The zero-order valence-electron chi connectivity index (χ0n) is 10.3. The second-order valence-corrected chi connectivity index (χ2v) is 5.43. The first-order chi connectivity index (χ1) is 7.29. The molecule has 0 aromatic heterocycles. The number of nitrogens with zero attached hydrogens (tertiary/aromatic N) is 1. The van der Waals surface area contributed by atoms with Crippen molar-refractivity contribution in [2.45, 2.75) is 58.0 Å². The Morgan fingerprint density at radius 1 is 1.20 bits per heavy atom. The van der Waals surface area contributed by atoms with Gasteiger partial charge in [0.15, 0.2) is 0 Å². The topological polar surface area (TPSA) is 15.3 Å². The van der Waals surface area contributed by atoms with Gasteiger partial charge in [0.05, 0.1) is 0 Å². The van der Waals surface area contributed by atoms with Crippen LogP contribution in [-0.4, -0.2) is 36.6 Å². The highest BCUT2D eigenvalue weighted by Crippen LogP contribution is 2.26. The molecule has 0 heterocycles. The minimum absolute atomic E-state index is 0.818. The Hall–Kier alpha value is -0.0800. The summed E-state index contributed by atoms with van der Waals surface area (Å²) in [6, 6.07) is 1.75. The minimum atomic E-state index is 0.818. The van der Waals surface area contributed by atoms with Gasteiger partial charge in [0.2, 0.25) is 0 Å². The number of hydrogen-bond acceptors (Lipinski definition) is 2. The monoisotopic (exact) mass is 210 g/mol. The lowest BCUT2D eigenvalue weighted by Gasteiger charge is -2.21. The zero-order chi connectivity index (χ0) is 10.7. The van der Waals surface area contributed by atoms with Gasteiger partial charge in [-0.2, -0.15) is 0 Å². The first kappa shape index (κ1) is 11.4. The Kier molecular flexibility index (Phi) is 4.04. The van der Waals surface area contributed by atoms with Crippen LogP contribution < -0.4 is 5.32 Å². The molecular formula is C13H26N2. The molecule has 2 aliphatic carbocycles. The number of rotatable bonds is 6. The Balaban J connectivity index is 1.57. The van der Waals surface area contributed by atoms with E-state index in [2.05, 4.69) is 24.1 Å². The SMILES string of the molecule is CCN(CCNC1CCC(C)C1)C1CC1. The molecule has 2 fully saturated rings. The lowest BCUT2D eigenvalue weighted by Crippen LogP contribution is -2.37. The third kappa shape index (κ3) is 3.46. The zero-order valence-corrected chi connectivity index (χ0v) is 10.3. The standard InChI is InChI=1S/C13H26N2/c1-3-15(13-6-7-13)9-8-14-12-5-4-11(2)10-12/h11-14H,3-10H2,1-2H3. The van der Waals surface area contributed by atoms with Crippen LogP contribution in [0.1, 0.15) is 46.0 Å². The summed E-state index contributed by atoms with van der Waals surface area (Å²) >= 11 is 0. The Morgan fingerprint density at radius 3 is 2.53 bits per heavy atom. The average Bonchev–Trinajstić information content (AvgIpc) is 2.98. The van der Waals surface area contributed by atoms with Crippen molar-refractivity contribution in [3.05, 3.63) is 0 Å². The number of nitrogens with one attached hydrogen (secondary N) is 1. The molecule has 0 amide bonds. The summed E-state index contributed by atoms with van der Waals surface area (Å²) in [5.74, 6) is 0.952. The summed E-state index contributed by atoms with van der Waals surface area (Å²) in [4.78, 5) is 2.63. The maximum absolute atomic E-state index is 3.72. The van der Waals surface area contributed by atoms with E-state index in [1.54, 1.807) is 0 Å². The molecule has 2 rings (SSSR count). The number of hydrogen-bond donors (Lipinski definition) is 1. The molecule has 0 aromatic carbocycles. The van der Waals surface area contributed by atoms with Crippen LogP contribution in [0.2, 0.25) is 0 Å². The predicted octanol–water partition coefficient (Wildman–Crippen LogP) is 2.25. The molecule has 2 saturated carbocycles. The predicted molar refractivity (Wildman–Crippen MR) is 65.1 cm³/mol. The summed E-state index contributed by atoms with van der Waals surface area (Å²) in [6.45, 7) is 8.35. The summed E-state index contributed by atoms with van der Waals surface area (Å²) in [5.41, 5.74) is 0. The quantitative estimate of drug-likeness (QED) is 0.723. The molecule has 0 aromatic rings. The van der Waals surface area contributed by atoms with E-state index in [4.69, 9.17) is 0 Å². The molecule has 0 aliphatic heterocycles. The Labute approximate surface area is 94.4 Å². The highest BCUT2D eigenvalue weighted by atomic mass is 15.2. The Bertz CT molecular complexity index is 189. The molecule has 2 nitrogen and oxygen atoms in total. The highest BCUT2D eigenvalue weighted by Gasteiger charge is 2.27. The molecule has 0 bridgehead atoms. The fourth-order valence-electron chi connectivity index (χ4n) is 2.84. The van der Waals surface area contributed by atoms with E-state index in [1.165, 1.54) is 51.7 Å². The van der Waals surface area contributed by atoms with Crippen molar-refractivity contribution >= 4 is 0 Å². The van der Waals surface area contributed by atoms with E-state index in [1.807, 2.05) is 0 Å². The van der Waals surface area contributed by atoms with E-state index in [-0.39, 0.29) is 0 Å². The van der Waals surface area contributed by atoms with Gasteiger partial charge in [-0.15, -0.1) is 0 Å². The van der Waals surface area contributed by atoms with Crippen molar-refractivity contribution < 1.29 is 0 Å². The van der Waals surface area contributed by atoms with Crippen LogP contribution >= 0.6 is 0 Å². The normalized spacial score (nSPS) is 31.4. The van der Waals surface area contributed by atoms with Gasteiger partial charge < -0.3 is 5.32 Å². The van der Waals surface area contributed by atoms with Crippen LogP contribution in [0.25, 0.3) is 0 Å². The summed E-state index contributed by atoms with van der Waals surface area (Å²) in [5, 5.41) is 3.72. The smallest absolute Gasteiger partial charge is 0.0110 e. The van der Waals surface area contributed by atoms with Crippen molar-refractivity contribution in [1.82, 2.24) is 10.2 Å². The minimum Gasteiger partial charge on any atom is -0.313 e. The summed E-state index contributed by atoms with van der Waals surface area (Å²) in [7, 11) is 0. The molecule has 0 radical (unpaired) electrons. The van der Waals surface area contributed by atoms with Gasteiger partial charge in [-0.3, -0.25) is 4.90 Å². The fraction of sp³-hybridized carbons (Fsp3) is 1.00. The second kappa shape index (κ2) is 5.31. The van der Waals surface area contributed by atoms with Gasteiger partial charge in [-0.1, -0.05) is 13.8 Å². The van der Waals surface area contributed by atoms with Gasteiger partial charge in [0, 0.05) is 25.2 Å². The van der Waals surface area contributed by atoms with Gasteiger partial charge in [0.1, 0.15) is 0 Å². The fourth-order valence-corrected chi connectivity index (χ4v) is 2.84. The molecule has 2 aliphatic rings. The first-order valence-corrected chi connectivity index (χ1v) is 6.77. The third-order valence-corrected chi connectivity index (χ3v) is 4.00. The van der Waals surface area contributed by atoms with Gasteiger partial charge in [-0.25, -0.2) is 0 Å². The lowest BCUT2D eigenvalue weighted by molar-refractivity contribution is 0.272. The van der Waals surface area contributed by atoms with E-state index < -0.39 is 0 Å². The number of likely N-dealkylation sites (N-methyl/N-ethyl adjacent to an activating group) is 1. The molecule has 1 N–H and O–H groups in total. The molecule has 15 heavy (non-hydrogen) atoms. The molecular weight excluding hydrogens is 184 g/mol. The van der Waals surface area contributed by atoms with Crippen molar-refractivity contribution in [2.24, 2.45) is 5.92 Å². The average molecular weight is 210 g/mol. The lowest BCUT2D eigenvalue weighted by atomic mass is 10.1. The van der Waals surface area contributed by atoms with Gasteiger partial charge in [-0.05, 0) is 44.6 Å². The molecule has 0 spiro atoms. The second-order valence-electron chi connectivity index (χ2n) is 5.43. The molecule has 2 heteroatoms. The maximum Gasteiger partial charge on any atom is 0.0110 e. The largest absolute Gasteiger partial charge is 0.313 e. The van der Waals surface area contributed by atoms with Crippen molar-refractivity contribution in [1.29, 1.82) is 0 Å². The van der Waals surface area contributed by atoms with Crippen LogP contribution in [0.5, 0.6) is 0 Å². The molecule has 0 saturated heterocycles. The highest BCUT2D eigenvalue weighted by molar-refractivity contribution is 4.85. The molecule has 2 atom stereocenters. The van der Waals surface area contributed by atoms with E-state index in [0.717, 1.165) is 18.0 Å². The van der Waals surface area contributed by atoms with E-state index in [0.29, 0.717) is 0 Å². The summed E-state index contributed by atoms with van der Waals surface area (Å²) < 4.78 is 0. The van der Waals surface area contributed by atoms with E-state index in [9.17, 15) is 0 Å². The Morgan fingerprint density at radius 2 is 2.00 bits per heavy atom. The summed E-state index contributed by atoms with van der Waals surface area (Å²) in [6.07, 6.45) is 7.10. The van der Waals surface area contributed by atoms with Crippen LogP contribution in [-0.2, 0) is 0 Å². The first-order valence-electron chi connectivity index (χ1n) is 6.77. The van der Waals surface area contributed by atoms with Crippen LogP contribution in [0.15, 0.2) is 0 Å². The van der Waals surface area contributed by atoms with Crippen LogP contribution in [0.4, 0.5) is 0 Å². The van der Waals surface area contributed by atoms with Gasteiger partial charge >= 0.3 is 0 Å². The third-order valence-electron chi connectivity index (χ3n) is 4.00. The van der Waals surface area contributed by atoms with Crippen LogP contribution in [0.3, 0.4) is 0 Å². The van der Waals surface area contributed by atoms with Crippen molar-refractivity contribution in [2.75, 3.05) is 19.6 Å². The molecule has 88 valence electrons.